The van der Waals surface area contributed by atoms with Gasteiger partial charge in [0.2, 0.25) is 0 Å². The van der Waals surface area contributed by atoms with Crippen molar-refractivity contribution in [2.75, 3.05) is 26.9 Å². The number of ether oxygens (including phenoxy) is 3. The lowest BCUT2D eigenvalue weighted by molar-refractivity contribution is -0.132. The highest BCUT2D eigenvalue weighted by molar-refractivity contribution is 5.82. The van der Waals surface area contributed by atoms with Crippen molar-refractivity contribution in [1.29, 1.82) is 0 Å². The monoisotopic (exact) mass is 395 g/mol. The van der Waals surface area contributed by atoms with Gasteiger partial charge in [-0.2, -0.15) is 0 Å². The third-order valence-corrected chi connectivity index (χ3v) is 3.87. The van der Waals surface area contributed by atoms with Gasteiger partial charge in [-0.3, -0.25) is 4.79 Å². The topological polar surface area (TPSA) is 56.8 Å². The van der Waals surface area contributed by atoms with Crippen molar-refractivity contribution < 1.29 is 23.4 Å². The minimum atomic E-state index is -0.893. The quantitative estimate of drug-likeness (QED) is 0.664. The fourth-order valence-corrected chi connectivity index (χ4v) is 2.49. The van der Waals surface area contributed by atoms with Crippen LogP contribution < -0.4 is 10.1 Å². The van der Waals surface area contributed by atoms with Crippen molar-refractivity contribution in [2.24, 2.45) is 0 Å². The number of hydrogen-bond acceptors (Lipinski definition) is 4. The van der Waals surface area contributed by atoms with Gasteiger partial charge in [-0.05, 0) is 47.7 Å². The summed E-state index contributed by atoms with van der Waals surface area (Å²) in [6.45, 7) is 0.632. The first-order chi connectivity index (χ1) is 14.1. The van der Waals surface area contributed by atoms with Crippen LogP contribution >= 0.6 is 0 Å². The maximum atomic E-state index is 13.1. The fraction of sp³-hybridized carbons (Fsp3) is 0.261. The van der Waals surface area contributed by atoms with Gasteiger partial charge in [0.1, 0.15) is 24.3 Å². The summed E-state index contributed by atoms with van der Waals surface area (Å²) in [7, 11) is 1.49. The number of amides is 1. The maximum absolute atomic E-state index is 13.1. The standard InChI is InChI=1S/C23H22FNO4/c1-3-15-29-22(19-7-9-20(24)10-8-19)23(26)25-14-13-18-5-11-21(12-6-18)28-17-4-16-27-2/h1,5-12,22H,13-15,17H2,2H3,(H,25,26). The molecule has 0 saturated heterocycles. The number of halogens is 1. The molecule has 0 aliphatic rings. The van der Waals surface area contributed by atoms with Crippen LogP contribution in [-0.2, 0) is 20.7 Å². The van der Waals surface area contributed by atoms with Crippen LogP contribution in [-0.4, -0.2) is 32.8 Å². The SMILES string of the molecule is C#CCOC(C(=O)NCCc1ccc(OCC#COC)cc1)c1ccc(F)cc1. The minimum absolute atomic E-state index is 0.0221. The van der Waals surface area contributed by atoms with Crippen LogP contribution in [0.4, 0.5) is 4.39 Å². The average Bonchev–Trinajstić information content (AvgIpc) is 2.74. The third kappa shape index (κ3) is 7.57. The van der Waals surface area contributed by atoms with E-state index >= 15 is 0 Å². The van der Waals surface area contributed by atoms with Crippen molar-refractivity contribution in [3.8, 4) is 30.1 Å². The zero-order valence-electron chi connectivity index (χ0n) is 16.1. The molecule has 5 nitrogen and oxygen atoms in total. The summed E-state index contributed by atoms with van der Waals surface area (Å²) in [6.07, 6.45) is 7.40. The van der Waals surface area contributed by atoms with E-state index in [0.29, 0.717) is 24.3 Å². The lowest BCUT2D eigenvalue weighted by Crippen LogP contribution is -2.32. The first-order valence-electron chi connectivity index (χ1n) is 8.95. The van der Waals surface area contributed by atoms with Gasteiger partial charge in [0.25, 0.3) is 5.91 Å². The molecule has 0 bridgehead atoms. The van der Waals surface area contributed by atoms with E-state index in [9.17, 15) is 9.18 Å². The Hall–Kier alpha value is -3.48. The summed E-state index contributed by atoms with van der Waals surface area (Å²) in [5.41, 5.74) is 1.57. The molecule has 0 spiro atoms. The Kier molecular flexibility index (Phi) is 9.08. The van der Waals surface area contributed by atoms with Gasteiger partial charge in [0.15, 0.2) is 12.7 Å². The van der Waals surface area contributed by atoms with E-state index in [1.54, 1.807) is 0 Å². The third-order valence-electron chi connectivity index (χ3n) is 3.87. The van der Waals surface area contributed by atoms with Gasteiger partial charge in [-0.1, -0.05) is 30.2 Å². The van der Waals surface area contributed by atoms with Crippen LogP contribution in [0.5, 0.6) is 5.75 Å². The van der Waals surface area contributed by atoms with Gasteiger partial charge >= 0.3 is 0 Å². The number of methoxy groups -OCH3 is 1. The number of rotatable bonds is 9. The molecule has 1 amide bonds. The zero-order valence-corrected chi connectivity index (χ0v) is 16.1. The molecule has 1 N–H and O–H groups in total. The molecule has 2 rings (SSSR count). The van der Waals surface area contributed by atoms with Gasteiger partial charge in [-0.25, -0.2) is 4.39 Å². The molecular weight excluding hydrogens is 373 g/mol. The van der Waals surface area contributed by atoms with E-state index in [1.807, 2.05) is 24.3 Å². The average molecular weight is 395 g/mol. The summed E-state index contributed by atoms with van der Waals surface area (Å²) >= 11 is 0. The van der Waals surface area contributed by atoms with E-state index in [0.717, 1.165) is 5.56 Å². The van der Waals surface area contributed by atoms with E-state index < -0.39 is 6.10 Å². The lowest BCUT2D eigenvalue weighted by atomic mass is 10.1. The normalized spacial score (nSPS) is 10.8. The second kappa shape index (κ2) is 12.1. The Labute approximate surface area is 170 Å². The molecule has 0 fully saturated rings. The number of carbonyl (C=O) groups excluding carboxylic acids is 1. The van der Waals surface area contributed by atoms with Crippen molar-refractivity contribution in [3.63, 3.8) is 0 Å². The first-order valence-corrected chi connectivity index (χ1v) is 8.95. The van der Waals surface area contributed by atoms with Crippen LogP contribution in [0.3, 0.4) is 0 Å². The molecule has 0 saturated carbocycles. The van der Waals surface area contributed by atoms with Crippen LogP contribution in [0.2, 0.25) is 0 Å². The highest BCUT2D eigenvalue weighted by atomic mass is 19.1. The van der Waals surface area contributed by atoms with Crippen molar-refractivity contribution >= 4 is 5.91 Å². The highest BCUT2D eigenvalue weighted by Crippen LogP contribution is 2.18. The molecule has 2 aromatic rings. The number of nitrogens with one attached hydrogen (secondary N) is 1. The van der Waals surface area contributed by atoms with E-state index in [4.69, 9.17) is 15.9 Å². The lowest BCUT2D eigenvalue weighted by Gasteiger charge is -2.17. The van der Waals surface area contributed by atoms with E-state index in [-0.39, 0.29) is 24.9 Å². The Bertz CT molecular complexity index is 876. The van der Waals surface area contributed by atoms with Gasteiger partial charge in [0.05, 0.1) is 7.11 Å². The van der Waals surface area contributed by atoms with Crippen LogP contribution in [0, 0.1) is 30.2 Å². The molecule has 1 unspecified atom stereocenters. The summed E-state index contributed by atoms with van der Waals surface area (Å²) in [5.74, 6) is 5.02. The van der Waals surface area contributed by atoms with Gasteiger partial charge < -0.3 is 19.5 Å². The predicted molar refractivity (Wildman–Crippen MR) is 107 cm³/mol. The molecule has 0 radical (unpaired) electrons. The molecular formula is C23H22FNO4. The van der Waals surface area contributed by atoms with Crippen molar-refractivity contribution in [2.45, 2.75) is 12.5 Å². The highest BCUT2D eigenvalue weighted by Gasteiger charge is 2.20. The Balaban J connectivity index is 1.86. The largest absolute Gasteiger partial charge is 0.481 e. The molecule has 150 valence electrons. The van der Waals surface area contributed by atoms with Crippen molar-refractivity contribution in [1.82, 2.24) is 5.32 Å². The zero-order chi connectivity index (χ0) is 20.9. The smallest absolute Gasteiger partial charge is 0.253 e. The molecule has 0 aliphatic carbocycles. The van der Waals surface area contributed by atoms with Gasteiger partial charge in [0, 0.05) is 6.54 Å². The van der Waals surface area contributed by atoms with Crippen LogP contribution in [0.1, 0.15) is 17.2 Å². The molecule has 29 heavy (non-hydrogen) atoms. The second-order valence-electron chi connectivity index (χ2n) is 5.90. The number of carbonyl (C=O) groups is 1. The second-order valence-corrected chi connectivity index (χ2v) is 5.90. The molecule has 1 atom stereocenters. The van der Waals surface area contributed by atoms with Crippen LogP contribution in [0.25, 0.3) is 0 Å². The first kappa shape index (κ1) is 21.8. The fourth-order valence-electron chi connectivity index (χ4n) is 2.49. The molecule has 2 aromatic carbocycles. The Morgan fingerprint density at radius 3 is 2.52 bits per heavy atom. The molecule has 0 aliphatic heterocycles. The maximum Gasteiger partial charge on any atom is 0.253 e. The van der Waals surface area contributed by atoms with Crippen molar-refractivity contribution in [3.05, 3.63) is 65.5 Å². The summed E-state index contributed by atoms with van der Waals surface area (Å²) in [5, 5.41) is 2.83. The Morgan fingerprint density at radius 2 is 1.86 bits per heavy atom. The number of benzene rings is 2. The summed E-state index contributed by atoms with van der Waals surface area (Å²) in [4.78, 5) is 12.5. The van der Waals surface area contributed by atoms with Crippen LogP contribution in [0.15, 0.2) is 48.5 Å². The van der Waals surface area contributed by atoms with Gasteiger partial charge in [-0.15, -0.1) is 6.42 Å². The summed E-state index contributed by atoms with van der Waals surface area (Å²) in [6, 6.07) is 13.1. The Morgan fingerprint density at radius 1 is 1.14 bits per heavy atom. The van der Waals surface area contributed by atoms with E-state index in [1.165, 1.54) is 31.4 Å². The summed E-state index contributed by atoms with van der Waals surface area (Å²) < 4.78 is 28.6. The minimum Gasteiger partial charge on any atom is -0.481 e. The molecule has 6 heteroatoms. The molecule has 0 heterocycles. The number of hydrogen-bond donors (Lipinski definition) is 1. The molecule has 0 aromatic heterocycles. The van der Waals surface area contributed by atoms with E-state index in [2.05, 4.69) is 28.0 Å². The predicted octanol–water partition coefficient (Wildman–Crippen LogP) is 2.86. The number of terminal acetylenes is 1.